The van der Waals surface area contributed by atoms with Crippen LogP contribution in [-0.4, -0.2) is 16.6 Å². The third kappa shape index (κ3) is 2.58. The Balaban J connectivity index is 1.35. The number of pyridine rings is 1. The van der Waals surface area contributed by atoms with Crippen molar-refractivity contribution >= 4 is 11.1 Å². The van der Waals surface area contributed by atoms with Crippen molar-refractivity contribution < 1.29 is 13.9 Å². The van der Waals surface area contributed by atoms with Gasteiger partial charge in [0, 0.05) is 30.0 Å². The second kappa shape index (κ2) is 5.77. The van der Waals surface area contributed by atoms with Gasteiger partial charge in [-0.05, 0) is 43.2 Å². The van der Waals surface area contributed by atoms with Gasteiger partial charge in [0.15, 0.2) is 5.58 Å². The van der Waals surface area contributed by atoms with Gasteiger partial charge in [0.1, 0.15) is 23.6 Å². The molecule has 1 aliphatic heterocycles. The molecule has 0 bridgehead atoms. The first-order valence-corrected chi connectivity index (χ1v) is 8.36. The van der Waals surface area contributed by atoms with Crippen LogP contribution >= 0.6 is 0 Å². The molecule has 3 heterocycles. The fraction of sp³-hybridized carbons (Fsp3) is 0.200. The van der Waals surface area contributed by atoms with Crippen LogP contribution < -0.4 is 4.74 Å². The van der Waals surface area contributed by atoms with Crippen LogP contribution in [-0.2, 0) is 4.74 Å². The summed E-state index contributed by atoms with van der Waals surface area (Å²) < 4.78 is 17.3. The summed E-state index contributed by atoms with van der Waals surface area (Å²) in [6.45, 7) is 0.529. The monoisotopic (exact) mass is 332 g/mol. The maximum Gasteiger partial charge on any atom is 0.228 e. The van der Waals surface area contributed by atoms with Crippen molar-refractivity contribution in [2.75, 3.05) is 6.61 Å². The Hall–Kier alpha value is -3.08. The zero-order valence-electron chi connectivity index (χ0n) is 13.5. The SMILES string of the molecule is C1=C(COc2ccc3oc(-c4cccnc4)nc3c2)C2CCC=C2O1. The molecule has 0 spiro atoms. The van der Waals surface area contributed by atoms with E-state index in [0.717, 1.165) is 41.0 Å². The highest BCUT2D eigenvalue weighted by atomic mass is 16.5. The zero-order valence-corrected chi connectivity index (χ0v) is 13.5. The summed E-state index contributed by atoms with van der Waals surface area (Å²) in [4.78, 5) is 8.64. The zero-order chi connectivity index (χ0) is 16.6. The minimum absolute atomic E-state index is 0.396. The van der Waals surface area contributed by atoms with E-state index in [1.165, 1.54) is 5.57 Å². The van der Waals surface area contributed by atoms with Gasteiger partial charge in [-0.3, -0.25) is 4.98 Å². The predicted molar refractivity (Wildman–Crippen MR) is 92.7 cm³/mol. The Bertz CT molecular complexity index is 989. The predicted octanol–water partition coefficient (Wildman–Crippen LogP) is 4.48. The molecule has 0 amide bonds. The Morgan fingerprint density at radius 2 is 2.24 bits per heavy atom. The van der Waals surface area contributed by atoms with E-state index in [2.05, 4.69) is 16.0 Å². The van der Waals surface area contributed by atoms with Crippen molar-refractivity contribution in [1.29, 1.82) is 0 Å². The smallest absolute Gasteiger partial charge is 0.228 e. The quantitative estimate of drug-likeness (QED) is 0.705. The number of nitrogens with zero attached hydrogens (tertiary/aromatic N) is 2. The maximum absolute atomic E-state index is 5.95. The molecule has 0 saturated heterocycles. The van der Waals surface area contributed by atoms with Crippen molar-refractivity contribution in [3.8, 4) is 17.2 Å². The maximum atomic E-state index is 5.95. The van der Waals surface area contributed by atoms with E-state index in [4.69, 9.17) is 13.9 Å². The molecule has 25 heavy (non-hydrogen) atoms. The molecule has 124 valence electrons. The Kier molecular flexibility index (Phi) is 3.30. The van der Waals surface area contributed by atoms with Crippen LogP contribution in [0.3, 0.4) is 0 Å². The topological polar surface area (TPSA) is 57.4 Å². The number of fused-ring (bicyclic) bond motifs is 2. The van der Waals surface area contributed by atoms with Crippen LogP contribution in [0.4, 0.5) is 0 Å². The summed E-state index contributed by atoms with van der Waals surface area (Å²) in [6.07, 6.45) is 9.65. The third-order valence-electron chi connectivity index (χ3n) is 4.61. The first-order valence-electron chi connectivity index (χ1n) is 8.36. The Labute approximate surface area is 144 Å². The number of oxazole rings is 1. The summed E-state index contributed by atoms with van der Waals surface area (Å²) in [5.41, 5.74) is 3.56. The highest BCUT2D eigenvalue weighted by molar-refractivity contribution is 5.77. The number of ether oxygens (including phenoxy) is 2. The average molecular weight is 332 g/mol. The van der Waals surface area contributed by atoms with Crippen LogP contribution in [0.2, 0.25) is 0 Å². The van der Waals surface area contributed by atoms with Crippen molar-refractivity contribution in [2.45, 2.75) is 12.8 Å². The molecule has 1 aliphatic carbocycles. The second-order valence-electron chi connectivity index (χ2n) is 6.23. The summed E-state index contributed by atoms with van der Waals surface area (Å²) in [7, 11) is 0. The molecule has 1 atom stereocenters. The van der Waals surface area contributed by atoms with Gasteiger partial charge in [-0.25, -0.2) is 4.98 Å². The van der Waals surface area contributed by atoms with E-state index < -0.39 is 0 Å². The Morgan fingerprint density at radius 1 is 1.24 bits per heavy atom. The lowest BCUT2D eigenvalue weighted by Crippen LogP contribution is -2.07. The minimum Gasteiger partial charge on any atom is -0.489 e. The van der Waals surface area contributed by atoms with Gasteiger partial charge in [-0.2, -0.15) is 0 Å². The fourth-order valence-corrected chi connectivity index (χ4v) is 3.31. The number of allylic oxidation sites excluding steroid dienone is 2. The molecule has 2 aliphatic rings. The average Bonchev–Trinajstić information content (AvgIpc) is 3.36. The van der Waals surface area contributed by atoms with Crippen molar-refractivity contribution in [1.82, 2.24) is 9.97 Å². The van der Waals surface area contributed by atoms with Gasteiger partial charge >= 0.3 is 0 Å². The van der Waals surface area contributed by atoms with E-state index in [9.17, 15) is 0 Å². The lowest BCUT2D eigenvalue weighted by molar-refractivity contribution is 0.338. The number of hydrogen-bond acceptors (Lipinski definition) is 5. The van der Waals surface area contributed by atoms with Crippen LogP contribution in [0.15, 0.2) is 70.8 Å². The van der Waals surface area contributed by atoms with Gasteiger partial charge in [0.05, 0.1) is 11.8 Å². The van der Waals surface area contributed by atoms with Crippen molar-refractivity contribution in [3.05, 3.63) is 66.4 Å². The van der Waals surface area contributed by atoms with E-state index in [0.29, 0.717) is 18.4 Å². The lowest BCUT2D eigenvalue weighted by atomic mass is 10.0. The van der Waals surface area contributed by atoms with Gasteiger partial charge in [0.2, 0.25) is 5.89 Å². The molecule has 3 aromatic rings. The van der Waals surface area contributed by atoms with Crippen LogP contribution in [0.1, 0.15) is 12.8 Å². The summed E-state index contributed by atoms with van der Waals surface area (Å²) >= 11 is 0. The normalized spacial score (nSPS) is 18.6. The standard InChI is InChI=1S/C20H16N2O3/c1-4-16-14(12-24-18(16)5-1)11-23-15-6-7-19-17(9-15)22-20(25-19)13-3-2-8-21-10-13/h2-3,5-10,12,16H,1,4,11H2. The summed E-state index contributed by atoms with van der Waals surface area (Å²) in [6, 6.07) is 9.48. The fourth-order valence-electron chi connectivity index (χ4n) is 3.31. The molecule has 5 rings (SSSR count). The minimum atomic E-state index is 0.396. The molecule has 0 saturated carbocycles. The molecule has 1 unspecified atom stereocenters. The number of aromatic nitrogens is 2. The number of rotatable bonds is 4. The van der Waals surface area contributed by atoms with E-state index in [-0.39, 0.29) is 0 Å². The Morgan fingerprint density at radius 3 is 3.16 bits per heavy atom. The number of hydrogen-bond donors (Lipinski definition) is 0. The third-order valence-corrected chi connectivity index (χ3v) is 4.61. The van der Waals surface area contributed by atoms with Gasteiger partial charge in [0.25, 0.3) is 0 Å². The van der Waals surface area contributed by atoms with E-state index >= 15 is 0 Å². The van der Waals surface area contributed by atoms with Crippen molar-refractivity contribution in [2.24, 2.45) is 5.92 Å². The first-order chi connectivity index (χ1) is 12.4. The van der Waals surface area contributed by atoms with Crippen LogP contribution in [0.25, 0.3) is 22.6 Å². The molecule has 1 aromatic carbocycles. The van der Waals surface area contributed by atoms with E-state index in [1.807, 2.05) is 36.6 Å². The molecule has 5 heteroatoms. The van der Waals surface area contributed by atoms with Crippen molar-refractivity contribution in [3.63, 3.8) is 0 Å². The highest BCUT2D eigenvalue weighted by Crippen LogP contribution is 2.38. The summed E-state index contributed by atoms with van der Waals surface area (Å²) in [5, 5.41) is 0. The second-order valence-corrected chi connectivity index (χ2v) is 6.23. The molecule has 0 N–H and O–H groups in total. The van der Waals surface area contributed by atoms with E-state index in [1.54, 1.807) is 12.4 Å². The van der Waals surface area contributed by atoms with Crippen LogP contribution in [0.5, 0.6) is 5.75 Å². The van der Waals surface area contributed by atoms with Crippen LogP contribution in [0, 0.1) is 5.92 Å². The summed E-state index contributed by atoms with van der Waals surface area (Å²) in [5.74, 6) is 2.81. The van der Waals surface area contributed by atoms with Gasteiger partial charge in [-0.1, -0.05) is 0 Å². The van der Waals surface area contributed by atoms with Gasteiger partial charge < -0.3 is 13.9 Å². The highest BCUT2D eigenvalue weighted by Gasteiger charge is 2.29. The lowest BCUT2D eigenvalue weighted by Gasteiger charge is -2.10. The molecule has 2 aromatic heterocycles. The number of benzene rings is 1. The molecule has 0 fully saturated rings. The molecule has 5 nitrogen and oxygen atoms in total. The van der Waals surface area contributed by atoms with Gasteiger partial charge in [-0.15, -0.1) is 0 Å². The molecular formula is C20H16N2O3. The first kappa shape index (κ1) is 14.3. The molecular weight excluding hydrogens is 316 g/mol. The largest absolute Gasteiger partial charge is 0.489 e. The molecule has 0 radical (unpaired) electrons.